The van der Waals surface area contributed by atoms with E-state index in [9.17, 15) is 4.79 Å². The Hall–Kier alpha value is -1.93. The van der Waals surface area contributed by atoms with Crippen molar-refractivity contribution in [1.29, 1.82) is 0 Å². The fourth-order valence-electron chi connectivity index (χ4n) is 1.50. The molecule has 2 rings (SSSR count). The fraction of sp³-hybridized carbons (Fsp3) is 0.200. The number of carbonyl (C=O) groups excluding carboxylic acids is 1. The lowest BCUT2D eigenvalue weighted by Crippen LogP contribution is -1.96. The van der Waals surface area contributed by atoms with Gasteiger partial charge in [-0.1, -0.05) is 18.2 Å². The van der Waals surface area contributed by atoms with Gasteiger partial charge in [-0.2, -0.15) is 10.1 Å². The Balaban J connectivity index is 2.61. The Morgan fingerprint density at radius 1 is 1.50 bits per heavy atom. The summed E-state index contributed by atoms with van der Waals surface area (Å²) >= 11 is 0. The van der Waals surface area contributed by atoms with Crippen LogP contribution in [-0.4, -0.2) is 15.9 Å². The van der Waals surface area contributed by atoms with Gasteiger partial charge >= 0.3 is 0 Å². The summed E-state index contributed by atoms with van der Waals surface area (Å²) in [6.07, 6.45) is 1.53. The number of hydrogen-bond donors (Lipinski definition) is 0. The van der Waals surface area contributed by atoms with Gasteiger partial charge in [0.25, 0.3) is 0 Å². The number of fused-ring (bicyclic) bond motifs is 1. The minimum Gasteiger partial charge on any atom is -0.269 e. The van der Waals surface area contributed by atoms with Gasteiger partial charge in [0.2, 0.25) is 6.08 Å². The monoisotopic (exact) mass is 187 g/mol. The molecule has 0 atom stereocenters. The molecule has 1 heterocycles. The van der Waals surface area contributed by atoms with Crippen LogP contribution in [0.5, 0.6) is 0 Å². The molecule has 1 aromatic heterocycles. The van der Waals surface area contributed by atoms with Crippen molar-refractivity contribution in [3.8, 4) is 0 Å². The molecule has 0 saturated heterocycles. The summed E-state index contributed by atoms with van der Waals surface area (Å²) in [5, 5.41) is 5.33. The molecule has 0 unspecified atom stereocenters. The van der Waals surface area contributed by atoms with Gasteiger partial charge in [-0.25, -0.2) is 4.79 Å². The molecule has 0 amide bonds. The molecule has 0 spiro atoms. The summed E-state index contributed by atoms with van der Waals surface area (Å²) in [6, 6.07) is 7.78. The van der Waals surface area contributed by atoms with Crippen molar-refractivity contribution in [3.05, 3.63) is 30.0 Å². The predicted molar refractivity (Wildman–Crippen MR) is 52.5 cm³/mol. The summed E-state index contributed by atoms with van der Waals surface area (Å²) in [5.41, 5.74) is 1.86. The first-order valence-electron chi connectivity index (χ1n) is 4.27. The Labute approximate surface area is 80.9 Å². The second-order valence-electron chi connectivity index (χ2n) is 2.99. The number of isocyanates is 1. The van der Waals surface area contributed by atoms with Crippen LogP contribution < -0.4 is 0 Å². The van der Waals surface area contributed by atoms with Crippen molar-refractivity contribution in [1.82, 2.24) is 9.78 Å². The van der Waals surface area contributed by atoms with E-state index in [1.807, 2.05) is 31.3 Å². The van der Waals surface area contributed by atoms with Crippen LogP contribution in [0.2, 0.25) is 0 Å². The normalized spacial score (nSPS) is 10.1. The largest absolute Gasteiger partial charge is 0.269 e. The van der Waals surface area contributed by atoms with Crippen LogP contribution in [0.3, 0.4) is 0 Å². The third-order valence-electron chi connectivity index (χ3n) is 2.16. The number of nitrogens with zero attached hydrogens (tertiary/aromatic N) is 3. The number of aliphatic imine (C=N–C) groups is 1. The molecule has 0 N–H and O–H groups in total. The Bertz CT molecular complexity index is 509. The first-order chi connectivity index (χ1) is 6.83. The quantitative estimate of drug-likeness (QED) is 0.527. The van der Waals surface area contributed by atoms with Gasteiger partial charge in [0.15, 0.2) is 0 Å². The van der Waals surface area contributed by atoms with Crippen molar-refractivity contribution in [3.63, 3.8) is 0 Å². The van der Waals surface area contributed by atoms with Gasteiger partial charge < -0.3 is 0 Å². The van der Waals surface area contributed by atoms with Crippen molar-refractivity contribution < 1.29 is 4.79 Å². The van der Waals surface area contributed by atoms with Gasteiger partial charge in [0.1, 0.15) is 0 Å². The van der Waals surface area contributed by atoms with Gasteiger partial charge in [-0.3, -0.25) is 4.68 Å². The molecule has 0 bridgehead atoms. The van der Waals surface area contributed by atoms with E-state index in [2.05, 4.69) is 10.1 Å². The minimum atomic E-state index is 0.334. The maximum Gasteiger partial charge on any atom is 0.235 e. The average molecular weight is 187 g/mol. The summed E-state index contributed by atoms with van der Waals surface area (Å²) in [4.78, 5) is 13.6. The van der Waals surface area contributed by atoms with Crippen molar-refractivity contribution >= 4 is 17.0 Å². The number of aromatic nitrogens is 2. The Morgan fingerprint density at radius 3 is 3.07 bits per heavy atom. The highest BCUT2D eigenvalue weighted by molar-refractivity contribution is 5.81. The zero-order valence-corrected chi connectivity index (χ0v) is 7.77. The SMILES string of the molecule is Cn1nc2ccccc2c1CN=C=O. The Kier molecular flexibility index (Phi) is 2.13. The first kappa shape index (κ1) is 8.66. The molecule has 0 radical (unpaired) electrons. The topological polar surface area (TPSA) is 47.2 Å². The molecular weight excluding hydrogens is 178 g/mol. The van der Waals surface area contributed by atoms with E-state index in [-0.39, 0.29) is 0 Å². The molecule has 1 aromatic carbocycles. The highest BCUT2D eigenvalue weighted by Gasteiger charge is 2.06. The molecular formula is C10H9N3O. The summed E-state index contributed by atoms with van der Waals surface area (Å²) in [5.74, 6) is 0. The molecule has 70 valence electrons. The van der Waals surface area contributed by atoms with E-state index < -0.39 is 0 Å². The summed E-state index contributed by atoms with van der Waals surface area (Å²) < 4.78 is 1.74. The van der Waals surface area contributed by atoms with Crippen molar-refractivity contribution in [2.45, 2.75) is 6.54 Å². The van der Waals surface area contributed by atoms with Gasteiger partial charge in [-0.05, 0) is 6.07 Å². The van der Waals surface area contributed by atoms with E-state index in [4.69, 9.17) is 0 Å². The third kappa shape index (κ3) is 1.32. The van der Waals surface area contributed by atoms with E-state index in [0.29, 0.717) is 6.54 Å². The van der Waals surface area contributed by atoms with Crippen LogP contribution in [0.1, 0.15) is 5.69 Å². The number of aryl methyl sites for hydroxylation is 1. The van der Waals surface area contributed by atoms with Gasteiger partial charge in [0.05, 0.1) is 17.8 Å². The molecule has 0 aliphatic heterocycles. The first-order valence-corrected chi connectivity index (χ1v) is 4.27. The maximum absolute atomic E-state index is 10.0. The van der Waals surface area contributed by atoms with Crippen molar-refractivity contribution in [2.75, 3.05) is 0 Å². The third-order valence-corrected chi connectivity index (χ3v) is 2.16. The maximum atomic E-state index is 10.0. The molecule has 14 heavy (non-hydrogen) atoms. The highest BCUT2D eigenvalue weighted by Crippen LogP contribution is 2.17. The van der Waals surface area contributed by atoms with Gasteiger partial charge in [-0.15, -0.1) is 0 Å². The number of rotatable bonds is 2. The minimum absolute atomic E-state index is 0.334. The smallest absolute Gasteiger partial charge is 0.235 e. The Morgan fingerprint density at radius 2 is 2.29 bits per heavy atom. The van der Waals surface area contributed by atoms with Gasteiger partial charge in [0, 0.05) is 12.4 Å². The average Bonchev–Trinajstić information content (AvgIpc) is 2.51. The van der Waals surface area contributed by atoms with Crippen LogP contribution in [0.25, 0.3) is 10.9 Å². The lowest BCUT2D eigenvalue weighted by Gasteiger charge is -1.95. The van der Waals surface area contributed by atoms with Crippen LogP contribution in [0.4, 0.5) is 0 Å². The number of hydrogen-bond acceptors (Lipinski definition) is 3. The molecule has 4 heteroatoms. The van der Waals surface area contributed by atoms with E-state index in [1.165, 1.54) is 6.08 Å². The second-order valence-corrected chi connectivity index (χ2v) is 2.99. The van der Waals surface area contributed by atoms with Crippen molar-refractivity contribution in [2.24, 2.45) is 12.0 Å². The van der Waals surface area contributed by atoms with E-state index in [0.717, 1.165) is 16.6 Å². The second kappa shape index (κ2) is 3.44. The standard InChI is InChI=1S/C10H9N3O/c1-13-10(6-11-7-14)8-4-2-3-5-9(8)12-13/h2-5H,6H2,1H3. The van der Waals surface area contributed by atoms with Crippen LogP contribution in [0, 0.1) is 0 Å². The zero-order chi connectivity index (χ0) is 9.97. The molecule has 0 aliphatic rings. The molecule has 0 fully saturated rings. The highest BCUT2D eigenvalue weighted by atomic mass is 16.1. The molecule has 2 aromatic rings. The lowest BCUT2D eigenvalue weighted by molar-refractivity contribution is 0.562. The molecule has 0 aliphatic carbocycles. The van der Waals surface area contributed by atoms with Crippen LogP contribution >= 0.6 is 0 Å². The van der Waals surface area contributed by atoms with E-state index >= 15 is 0 Å². The van der Waals surface area contributed by atoms with Crippen LogP contribution in [-0.2, 0) is 18.4 Å². The molecule has 4 nitrogen and oxygen atoms in total. The summed E-state index contributed by atoms with van der Waals surface area (Å²) in [6.45, 7) is 0.334. The van der Waals surface area contributed by atoms with Crippen LogP contribution in [0.15, 0.2) is 29.3 Å². The van der Waals surface area contributed by atoms with E-state index in [1.54, 1.807) is 4.68 Å². The zero-order valence-electron chi connectivity index (χ0n) is 7.77. The number of benzene rings is 1. The fourth-order valence-corrected chi connectivity index (χ4v) is 1.50. The predicted octanol–water partition coefficient (Wildman–Crippen LogP) is 1.41. The summed E-state index contributed by atoms with van der Waals surface area (Å²) in [7, 11) is 1.84. The lowest BCUT2D eigenvalue weighted by atomic mass is 10.2. The molecule has 0 saturated carbocycles.